The Morgan fingerprint density at radius 2 is 1.66 bits per heavy atom. The van der Waals surface area contributed by atoms with Gasteiger partial charge in [-0.25, -0.2) is 0 Å². The van der Waals surface area contributed by atoms with E-state index in [4.69, 9.17) is 10.5 Å². The molecule has 366 valence electrons. The fourth-order valence-electron chi connectivity index (χ4n) is 18.5. The van der Waals surface area contributed by atoms with Gasteiger partial charge in [-0.2, -0.15) is 0 Å². The third-order valence-electron chi connectivity index (χ3n) is 21.2. The van der Waals surface area contributed by atoms with Crippen molar-refractivity contribution in [3.05, 3.63) is 70.3 Å². The molecule has 8 aliphatic rings. The molecule has 9 heteroatoms. The average molecular weight is 918 g/mol. The number of ether oxygens (including phenoxy) is 1. The lowest BCUT2D eigenvalue weighted by molar-refractivity contribution is -0.193. The Morgan fingerprint density at radius 1 is 0.881 bits per heavy atom. The van der Waals surface area contributed by atoms with Gasteiger partial charge in [0.15, 0.2) is 5.78 Å². The van der Waals surface area contributed by atoms with Gasteiger partial charge in [0.05, 0.1) is 17.8 Å². The van der Waals surface area contributed by atoms with E-state index in [1.807, 2.05) is 26.1 Å². The smallest absolute Gasteiger partial charge is 0.160 e. The fourth-order valence-corrected chi connectivity index (χ4v) is 18.5. The maximum Gasteiger partial charge on any atom is 0.160 e. The number of benzene rings is 2. The van der Waals surface area contributed by atoms with E-state index in [2.05, 4.69) is 76.4 Å². The van der Waals surface area contributed by atoms with Crippen molar-refractivity contribution in [1.29, 1.82) is 0 Å². The molecule has 2 aromatic rings. The van der Waals surface area contributed by atoms with Crippen molar-refractivity contribution >= 4 is 17.3 Å². The van der Waals surface area contributed by atoms with E-state index in [1.54, 1.807) is 6.07 Å². The monoisotopic (exact) mass is 918 g/mol. The van der Waals surface area contributed by atoms with E-state index in [0.29, 0.717) is 55.4 Å². The van der Waals surface area contributed by atoms with Crippen LogP contribution in [0.1, 0.15) is 167 Å². The molecular weight excluding hydrogens is 835 g/mol. The number of rotatable bonds is 11. The molecule has 1 heterocycles. The summed E-state index contributed by atoms with van der Waals surface area (Å²) in [5.74, 6) is 2.17. The van der Waals surface area contributed by atoms with E-state index in [-0.39, 0.29) is 64.1 Å². The van der Waals surface area contributed by atoms with Gasteiger partial charge in [0.25, 0.3) is 0 Å². The Hall–Kier alpha value is -3.08. The number of epoxide rings is 1. The average Bonchev–Trinajstić information content (AvgIpc) is 3.57. The topological polar surface area (TPSA) is 157 Å². The highest BCUT2D eigenvalue weighted by molar-refractivity contribution is 6.01. The molecular formula is C58H83N3O6. The van der Waals surface area contributed by atoms with E-state index in [0.717, 1.165) is 80.2 Å². The summed E-state index contributed by atoms with van der Waals surface area (Å²) < 4.78 is 6.83. The van der Waals surface area contributed by atoms with Gasteiger partial charge in [-0.15, -0.1) is 0 Å². The highest BCUT2D eigenvalue weighted by atomic mass is 16.6. The number of nitrogens with two attached hydrogens (primary N) is 1. The highest BCUT2D eigenvalue weighted by Crippen LogP contribution is 2.75. The van der Waals surface area contributed by atoms with Crippen molar-refractivity contribution in [3.8, 4) is 5.75 Å². The molecule has 9 nitrogen and oxygen atoms in total. The number of carbonyl (C=O) groups is 2. The second-order valence-electron chi connectivity index (χ2n) is 25.2. The molecule has 10 rings (SSSR count). The third-order valence-corrected chi connectivity index (χ3v) is 21.2. The van der Waals surface area contributed by atoms with Gasteiger partial charge in [0, 0.05) is 48.0 Å². The second kappa shape index (κ2) is 17.1. The molecule has 1 aliphatic heterocycles. The lowest BCUT2D eigenvalue weighted by atomic mass is 9.34. The molecule has 0 radical (unpaired) electrons. The van der Waals surface area contributed by atoms with E-state index < -0.39 is 28.6 Å². The number of ketones is 2. The van der Waals surface area contributed by atoms with E-state index in [9.17, 15) is 15.3 Å². The molecule has 7 fully saturated rings. The summed E-state index contributed by atoms with van der Waals surface area (Å²) in [4.78, 5) is 30.6. The Morgan fingerprint density at radius 3 is 2.40 bits per heavy atom. The number of aromatic hydroxyl groups is 1. The zero-order valence-electron chi connectivity index (χ0n) is 42.0. The van der Waals surface area contributed by atoms with E-state index in [1.165, 1.54) is 30.4 Å². The molecule has 0 bridgehead atoms. The van der Waals surface area contributed by atoms with Crippen LogP contribution in [-0.2, 0) is 20.9 Å². The molecule has 67 heavy (non-hydrogen) atoms. The highest BCUT2D eigenvalue weighted by Gasteiger charge is 2.72. The van der Waals surface area contributed by atoms with Gasteiger partial charge in [-0.05, 0) is 183 Å². The van der Waals surface area contributed by atoms with Crippen LogP contribution in [0.3, 0.4) is 0 Å². The van der Waals surface area contributed by atoms with Crippen molar-refractivity contribution in [2.75, 3.05) is 19.3 Å². The lowest BCUT2D eigenvalue weighted by Gasteiger charge is -2.70. The summed E-state index contributed by atoms with van der Waals surface area (Å²) in [6, 6.07) is 14.0. The van der Waals surface area contributed by atoms with Gasteiger partial charge < -0.3 is 36.4 Å². The molecule has 6 saturated carbocycles. The molecule has 0 amide bonds. The predicted octanol–water partition coefficient (Wildman–Crippen LogP) is 9.77. The zero-order valence-corrected chi connectivity index (χ0v) is 42.0. The number of aliphatic hydroxyl groups excluding tert-OH is 2. The van der Waals surface area contributed by atoms with Crippen molar-refractivity contribution in [2.45, 2.75) is 187 Å². The number of hydrogen-bond acceptors (Lipinski definition) is 9. The van der Waals surface area contributed by atoms with Gasteiger partial charge in [-0.1, -0.05) is 84.1 Å². The SMILES string of the molecule is CNCc1cc(O)cc(C2CC3(C)C(C(NCC(C)O)CC4(C)C3CCC3=C(C5C6CCCCC6CCC5C(O)C5OC5(C)C5CCCC5c5cccc(N)c5)C(=O)CC34C)C(C)(C)C2=O)c1. The number of hydrogen-bond donors (Lipinski definition) is 6. The maximum absolute atomic E-state index is 15.5. The van der Waals surface area contributed by atoms with Crippen LogP contribution in [0.25, 0.3) is 0 Å². The van der Waals surface area contributed by atoms with Gasteiger partial charge in [-0.3, -0.25) is 9.59 Å². The Kier molecular flexibility index (Phi) is 12.1. The summed E-state index contributed by atoms with van der Waals surface area (Å²) in [7, 11) is 1.90. The number of nitrogens with one attached hydrogen (secondary N) is 2. The standard InChI is InChI=1S/C58H83N3O6/c1-32(62)30-61-45-28-57(6)47(55(4)27-42(52(66)54(2,3)51(45)55)36-23-33(31-60-8)24-38(63)26-36)22-21-44-49(46(64)29-56(44,57)5)48-40-16-10-9-13-34(40)19-20-41(48)50(65)53-58(7,67-53)43-18-12-17-39(43)35-14-11-15-37(59)25-35/h11,14-15,23-26,32,34,39-43,45,47-48,50-51,53,60-63,65H,9-10,12-13,16-22,27-31,59H2,1-8H3. The molecule has 0 spiro atoms. The Bertz CT molecular complexity index is 2290. The van der Waals surface area contributed by atoms with Crippen molar-refractivity contribution < 1.29 is 29.6 Å². The minimum absolute atomic E-state index is 0.00722. The first-order chi connectivity index (χ1) is 31.8. The summed E-state index contributed by atoms with van der Waals surface area (Å²) in [6.07, 6.45) is 12.4. The Balaban J connectivity index is 1.03. The van der Waals surface area contributed by atoms with Crippen LogP contribution in [0, 0.1) is 63.1 Å². The van der Waals surface area contributed by atoms with Gasteiger partial charge in [0.2, 0.25) is 0 Å². The van der Waals surface area contributed by atoms with Crippen molar-refractivity contribution in [1.82, 2.24) is 10.6 Å². The summed E-state index contributed by atoms with van der Waals surface area (Å²) in [5, 5.41) is 41.8. The van der Waals surface area contributed by atoms with Crippen molar-refractivity contribution in [2.24, 2.45) is 63.1 Å². The summed E-state index contributed by atoms with van der Waals surface area (Å²) in [5.41, 5.74) is 10.6. The van der Waals surface area contributed by atoms with Crippen LogP contribution < -0.4 is 16.4 Å². The minimum Gasteiger partial charge on any atom is -0.508 e. The number of carbonyl (C=O) groups excluding carboxylic acids is 2. The molecule has 17 atom stereocenters. The Labute approximate surface area is 401 Å². The lowest BCUT2D eigenvalue weighted by Crippen LogP contribution is -2.69. The number of nitrogen functional groups attached to an aromatic ring is 1. The predicted molar refractivity (Wildman–Crippen MR) is 264 cm³/mol. The number of anilines is 1. The molecule has 7 aliphatic carbocycles. The van der Waals surface area contributed by atoms with Crippen LogP contribution in [0.4, 0.5) is 5.69 Å². The third kappa shape index (κ3) is 7.46. The number of allylic oxidation sites excluding steroid dienone is 2. The summed E-state index contributed by atoms with van der Waals surface area (Å²) >= 11 is 0. The first kappa shape index (κ1) is 47.6. The van der Waals surface area contributed by atoms with Crippen LogP contribution >= 0.6 is 0 Å². The number of fused-ring (bicyclic) bond motifs is 6. The van der Waals surface area contributed by atoms with E-state index >= 15 is 9.59 Å². The number of phenolic OH excluding ortho intramolecular Hbond substituents is 1. The first-order valence-electron chi connectivity index (χ1n) is 26.7. The van der Waals surface area contributed by atoms with Crippen LogP contribution in [-0.4, -0.2) is 70.4 Å². The molecule has 2 aromatic carbocycles. The van der Waals surface area contributed by atoms with Crippen LogP contribution in [0.15, 0.2) is 53.6 Å². The quantitative estimate of drug-likeness (QED) is 0.0954. The van der Waals surface area contributed by atoms with Gasteiger partial charge >= 0.3 is 0 Å². The van der Waals surface area contributed by atoms with Crippen molar-refractivity contribution in [3.63, 3.8) is 0 Å². The molecule has 0 aromatic heterocycles. The maximum atomic E-state index is 15.5. The number of aliphatic hydroxyl groups is 2. The first-order valence-corrected chi connectivity index (χ1v) is 26.7. The molecule has 7 N–H and O–H groups in total. The van der Waals surface area contributed by atoms with Crippen LogP contribution in [0.2, 0.25) is 0 Å². The largest absolute Gasteiger partial charge is 0.508 e. The molecule has 17 unspecified atom stereocenters. The number of Topliss-reactive ketones (excluding diaryl/α,β-unsaturated/α-hetero) is 2. The normalized spacial score (nSPS) is 43.2. The summed E-state index contributed by atoms with van der Waals surface area (Å²) in [6.45, 7) is 16.8. The zero-order chi connectivity index (χ0) is 47.6. The molecule has 1 saturated heterocycles. The second-order valence-corrected chi connectivity index (χ2v) is 25.2. The van der Waals surface area contributed by atoms with Gasteiger partial charge in [0.1, 0.15) is 17.6 Å². The fraction of sp³-hybridized carbons (Fsp3) is 0.724. The number of phenols is 1. The van der Waals surface area contributed by atoms with Crippen LogP contribution in [0.5, 0.6) is 5.75 Å². The minimum atomic E-state index is -0.689.